The molecule has 0 saturated heterocycles. The standard InChI is InChI=1S/C22H20ClN5O2S/c1-12(2)28-21-16(11-24-28)15(10-19(26-21)20-5-4-8-31-20)22(30)27-18-9-14(25-13(3)29)6-7-17(18)23/h4-12H,1-3H3,(H,25,29)(H,27,30). The van der Waals surface area contributed by atoms with Gasteiger partial charge in [0.25, 0.3) is 5.91 Å². The van der Waals surface area contributed by atoms with Crippen molar-refractivity contribution in [1.29, 1.82) is 0 Å². The number of anilines is 2. The van der Waals surface area contributed by atoms with Gasteiger partial charge in [0.05, 0.1) is 38.4 Å². The summed E-state index contributed by atoms with van der Waals surface area (Å²) in [7, 11) is 0. The number of nitrogens with zero attached hydrogens (tertiary/aromatic N) is 3. The number of amides is 2. The van der Waals surface area contributed by atoms with Crippen LogP contribution in [0.5, 0.6) is 0 Å². The molecule has 0 fully saturated rings. The van der Waals surface area contributed by atoms with Crippen molar-refractivity contribution >= 4 is 57.2 Å². The van der Waals surface area contributed by atoms with Gasteiger partial charge >= 0.3 is 0 Å². The van der Waals surface area contributed by atoms with Crippen LogP contribution in [0.25, 0.3) is 21.6 Å². The highest BCUT2D eigenvalue weighted by atomic mass is 35.5. The quantitative estimate of drug-likeness (QED) is 0.411. The molecule has 4 rings (SSSR count). The first-order chi connectivity index (χ1) is 14.8. The lowest BCUT2D eigenvalue weighted by Gasteiger charge is -2.12. The molecule has 0 aliphatic carbocycles. The van der Waals surface area contributed by atoms with Crippen LogP contribution in [-0.2, 0) is 4.79 Å². The Bertz CT molecular complexity index is 1280. The third-order valence-corrected chi connectivity index (χ3v) is 5.83. The van der Waals surface area contributed by atoms with Crippen LogP contribution in [0.1, 0.15) is 37.2 Å². The van der Waals surface area contributed by atoms with E-state index in [1.54, 1.807) is 46.5 Å². The van der Waals surface area contributed by atoms with Gasteiger partial charge in [-0.25, -0.2) is 9.67 Å². The Balaban J connectivity index is 1.78. The number of carbonyl (C=O) groups is 2. The monoisotopic (exact) mass is 453 g/mol. The van der Waals surface area contributed by atoms with Gasteiger partial charge < -0.3 is 10.6 Å². The summed E-state index contributed by atoms with van der Waals surface area (Å²) in [6.45, 7) is 5.44. The molecule has 0 aliphatic heterocycles. The van der Waals surface area contributed by atoms with Gasteiger partial charge in [-0.2, -0.15) is 5.10 Å². The van der Waals surface area contributed by atoms with Crippen molar-refractivity contribution in [2.24, 2.45) is 0 Å². The molecular weight excluding hydrogens is 434 g/mol. The fraction of sp³-hybridized carbons (Fsp3) is 0.182. The number of aromatic nitrogens is 3. The number of halogens is 1. The van der Waals surface area contributed by atoms with Gasteiger partial charge in [-0.1, -0.05) is 17.7 Å². The minimum Gasteiger partial charge on any atom is -0.326 e. The van der Waals surface area contributed by atoms with Crippen molar-refractivity contribution < 1.29 is 9.59 Å². The van der Waals surface area contributed by atoms with E-state index in [9.17, 15) is 9.59 Å². The van der Waals surface area contributed by atoms with Crippen molar-refractivity contribution in [2.45, 2.75) is 26.8 Å². The van der Waals surface area contributed by atoms with E-state index in [2.05, 4.69) is 15.7 Å². The summed E-state index contributed by atoms with van der Waals surface area (Å²) in [5.74, 6) is -0.549. The van der Waals surface area contributed by atoms with Gasteiger partial charge in [-0.3, -0.25) is 9.59 Å². The zero-order chi connectivity index (χ0) is 22.1. The number of pyridine rings is 1. The lowest BCUT2D eigenvalue weighted by Crippen LogP contribution is -2.14. The molecule has 0 unspecified atom stereocenters. The molecule has 0 aliphatic rings. The van der Waals surface area contributed by atoms with Gasteiger partial charge in [-0.05, 0) is 49.6 Å². The summed E-state index contributed by atoms with van der Waals surface area (Å²) in [6, 6.07) is 10.7. The number of hydrogen-bond donors (Lipinski definition) is 2. The van der Waals surface area contributed by atoms with Crippen LogP contribution >= 0.6 is 22.9 Å². The molecular formula is C22H20ClN5O2S. The van der Waals surface area contributed by atoms with Crippen LogP contribution in [0.2, 0.25) is 5.02 Å². The lowest BCUT2D eigenvalue weighted by atomic mass is 10.1. The predicted molar refractivity (Wildman–Crippen MR) is 125 cm³/mol. The molecule has 2 N–H and O–H groups in total. The lowest BCUT2D eigenvalue weighted by molar-refractivity contribution is -0.114. The van der Waals surface area contributed by atoms with Gasteiger partial charge in [0, 0.05) is 18.7 Å². The minimum absolute atomic E-state index is 0.0864. The van der Waals surface area contributed by atoms with Crippen molar-refractivity contribution in [3.05, 3.63) is 58.6 Å². The topological polar surface area (TPSA) is 88.9 Å². The van der Waals surface area contributed by atoms with Crippen LogP contribution in [0.15, 0.2) is 48.0 Å². The first-order valence-corrected chi connectivity index (χ1v) is 10.9. The van der Waals surface area contributed by atoms with E-state index >= 15 is 0 Å². The van der Waals surface area contributed by atoms with E-state index in [1.807, 2.05) is 31.4 Å². The van der Waals surface area contributed by atoms with E-state index in [-0.39, 0.29) is 17.9 Å². The molecule has 158 valence electrons. The zero-order valence-electron chi connectivity index (χ0n) is 17.1. The Labute approximate surface area is 188 Å². The highest BCUT2D eigenvalue weighted by molar-refractivity contribution is 7.13. The second-order valence-corrected chi connectivity index (χ2v) is 8.64. The second kappa shape index (κ2) is 8.49. The first kappa shape index (κ1) is 21.0. The Morgan fingerprint density at radius 2 is 1.97 bits per heavy atom. The molecule has 3 heterocycles. The van der Waals surface area contributed by atoms with Crippen LogP contribution in [0.3, 0.4) is 0 Å². The summed E-state index contributed by atoms with van der Waals surface area (Å²) < 4.78 is 1.80. The number of carbonyl (C=O) groups excluding carboxylic acids is 2. The van der Waals surface area contributed by atoms with E-state index in [4.69, 9.17) is 16.6 Å². The number of rotatable bonds is 5. The number of fused-ring (bicyclic) bond motifs is 1. The molecule has 31 heavy (non-hydrogen) atoms. The highest BCUT2D eigenvalue weighted by Gasteiger charge is 2.20. The van der Waals surface area contributed by atoms with E-state index in [0.717, 1.165) is 4.88 Å². The van der Waals surface area contributed by atoms with Crippen molar-refractivity contribution in [2.75, 3.05) is 10.6 Å². The van der Waals surface area contributed by atoms with Gasteiger partial charge in [0.2, 0.25) is 5.91 Å². The summed E-state index contributed by atoms with van der Waals surface area (Å²) >= 11 is 7.84. The summed E-state index contributed by atoms with van der Waals surface area (Å²) in [5, 5.41) is 13.0. The highest BCUT2D eigenvalue weighted by Crippen LogP contribution is 2.31. The smallest absolute Gasteiger partial charge is 0.256 e. The fourth-order valence-electron chi connectivity index (χ4n) is 3.23. The van der Waals surface area contributed by atoms with Crippen molar-refractivity contribution in [1.82, 2.24) is 14.8 Å². The fourth-order valence-corrected chi connectivity index (χ4v) is 4.08. The summed E-state index contributed by atoms with van der Waals surface area (Å²) in [6.07, 6.45) is 1.66. The SMILES string of the molecule is CC(=O)Nc1ccc(Cl)c(NC(=O)c2cc(-c3cccs3)nc3c2cnn3C(C)C)c1. The Morgan fingerprint density at radius 1 is 1.16 bits per heavy atom. The molecule has 3 aromatic heterocycles. The van der Waals surface area contributed by atoms with Crippen molar-refractivity contribution in [3.8, 4) is 10.6 Å². The predicted octanol–water partition coefficient (Wildman–Crippen LogP) is 5.60. The third-order valence-electron chi connectivity index (χ3n) is 4.61. The maximum absolute atomic E-state index is 13.3. The molecule has 0 spiro atoms. The molecule has 9 heteroatoms. The third kappa shape index (κ3) is 4.30. The zero-order valence-corrected chi connectivity index (χ0v) is 18.7. The number of benzene rings is 1. The number of thiophene rings is 1. The maximum atomic E-state index is 13.3. The molecule has 1 aromatic carbocycles. The molecule has 0 saturated carbocycles. The Morgan fingerprint density at radius 3 is 2.65 bits per heavy atom. The summed E-state index contributed by atoms with van der Waals surface area (Å²) in [4.78, 5) is 30.4. The second-order valence-electron chi connectivity index (χ2n) is 7.28. The van der Waals surface area contributed by atoms with E-state index in [0.29, 0.717) is 38.7 Å². The van der Waals surface area contributed by atoms with Crippen LogP contribution in [0, 0.1) is 0 Å². The Hall–Kier alpha value is -3.23. The molecule has 4 aromatic rings. The summed E-state index contributed by atoms with van der Waals surface area (Å²) in [5.41, 5.74) is 2.73. The van der Waals surface area contributed by atoms with Crippen molar-refractivity contribution in [3.63, 3.8) is 0 Å². The van der Waals surface area contributed by atoms with Gasteiger partial charge in [0.15, 0.2) is 5.65 Å². The van der Waals surface area contributed by atoms with E-state index in [1.165, 1.54) is 6.92 Å². The number of nitrogens with one attached hydrogen (secondary N) is 2. The largest absolute Gasteiger partial charge is 0.326 e. The molecule has 7 nitrogen and oxygen atoms in total. The van der Waals surface area contributed by atoms with Crippen LogP contribution in [-0.4, -0.2) is 26.6 Å². The first-order valence-electron chi connectivity index (χ1n) is 9.64. The van der Waals surface area contributed by atoms with E-state index < -0.39 is 0 Å². The average molecular weight is 454 g/mol. The average Bonchev–Trinajstić information content (AvgIpc) is 3.39. The molecule has 2 amide bonds. The molecule has 0 radical (unpaired) electrons. The van der Waals surface area contributed by atoms with Crippen LogP contribution < -0.4 is 10.6 Å². The molecule has 0 bridgehead atoms. The maximum Gasteiger partial charge on any atom is 0.256 e. The van der Waals surface area contributed by atoms with Gasteiger partial charge in [-0.15, -0.1) is 11.3 Å². The Kier molecular flexibility index (Phi) is 5.75. The molecule has 0 atom stereocenters. The van der Waals surface area contributed by atoms with Gasteiger partial charge in [0.1, 0.15) is 0 Å². The normalized spacial score (nSPS) is 11.1. The minimum atomic E-state index is -0.338. The number of hydrogen-bond acceptors (Lipinski definition) is 5. The van der Waals surface area contributed by atoms with Crippen LogP contribution in [0.4, 0.5) is 11.4 Å².